The number of hydrogen-bond acceptors (Lipinski definition) is 5. The van der Waals surface area contributed by atoms with Crippen molar-refractivity contribution in [3.05, 3.63) is 79.3 Å². The van der Waals surface area contributed by atoms with E-state index in [0.717, 1.165) is 55.9 Å². The average molecular weight is 441 g/mol. The van der Waals surface area contributed by atoms with E-state index < -0.39 is 0 Å². The number of nitrogens with zero attached hydrogens (tertiary/aromatic N) is 4. The second kappa shape index (κ2) is 8.65. The molecule has 6 heteroatoms. The van der Waals surface area contributed by atoms with E-state index in [-0.39, 0.29) is 0 Å². The second-order valence-corrected chi connectivity index (χ2v) is 8.50. The van der Waals surface area contributed by atoms with E-state index >= 15 is 0 Å². The molecule has 32 heavy (non-hydrogen) atoms. The first-order valence-electron chi connectivity index (χ1n) is 10.5. The summed E-state index contributed by atoms with van der Waals surface area (Å²) in [6.45, 7) is 1.55. The lowest BCUT2D eigenvalue weighted by Crippen LogP contribution is -2.19. The van der Waals surface area contributed by atoms with Crippen LogP contribution in [0.1, 0.15) is 0 Å². The molecule has 160 valence electrons. The van der Waals surface area contributed by atoms with Crippen LogP contribution in [-0.2, 0) is 0 Å². The fourth-order valence-electron chi connectivity index (χ4n) is 3.82. The summed E-state index contributed by atoms with van der Waals surface area (Å²) in [5.74, 6) is 0.866. The van der Waals surface area contributed by atoms with Gasteiger partial charge < -0.3 is 9.64 Å². The van der Waals surface area contributed by atoms with Gasteiger partial charge in [-0.2, -0.15) is 5.10 Å². The topological polar surface area (TPSA) is 42.7 Å². The van der Waals surface area contributed by atoms with Gasteiger partial charge in [0.25, 0.3) is 0 Å². The first-order chi connectivity index (χ1) is 15.6. The van der Waals surface area contributed by atoms with Crippen LogP contribution in [0.3, 0.4) is 0 Å². The summed E-state index contributed by atoms with van der Waals surface area (Å²) in [7, 11) is 4.07. The van der Waals surface area contributed by atoms with Crippen LogP contribution in [0, 0.1) is 0 Å². The molecule has 3 aromatic carbocycles. The van der Waals surface area contributed by atoms with Crippen molar-refractivity contribution in [1.29, 1.82) is 0 Å². The Balaban J connectivity index is 1.46. The molecule has 0 aliphatic heterocycles. The van der Waals surface area contributed by atoms with E-state index in [1.165, 1.54) is 0 Å². The van der Waals surface area contributed by atoms with Gasteiger partial charge in [0, 0.05) is 35.0 Å². The van der Waals surface area contributed by atoms with Crippen molar-refractivity contribution >= 4 is 29.0 Å². The highest BCUT2D eigenvalue weighted by Crippen LogP contribution is 2.34. The van der Waals surface area contributed by atoms with Gasteiger partial charge >= 0.3 is 0 Å². The highest BCUT2D eigenvalue weighted by molar-refractivity contribution is 7.80. The van der Waals surface area contributed by atoms with Crippen LogP contribution in [0.2, 0.25) is 0 Å². The van der Waals surface area contributed by atoms with Gasteiger partial charge in [0.15, 0.2) is 5.65 Å². The molecule has 0 aliphatic rings. The number of aromatic nitrogens is 3. The molecule has 0 bridgehead atoms. The van der Waals surface area contributed by atoms with Crippen LogP contribution in [0.25, 0.3) is 38.7 Å². The van der Waals surface area contributed by atoms with Crippen molar-refractivity contribution in [3.63, 3.8) is 0 Å². The quantitative estimate of drug-likeness (QED) is 0.357. The van der Waals surface area contributed by atoms with Gasteiger partial charge in [0.1, 0.15) is 12.4 Å². The molecule has 0 saturated heterocycles. The summed E-state index contributed by atoms with van der Waals surface area (Å²) in [5, 5.41) is 6.86. The molecule has 0 N–H and O–H groups in total. The molecule has 5 aromatic rings. The molecule has 0 saturated carbocycles. The largest absolute Gasteiger partial charge is 0.492 e. The number of ether oxygens (including phenoxy) is 1. The molecular formula is C26H24N4OS. The van der Waals surface area contributed by atoms with E-state index in [1.54, 1.807) is 0 Å². The molecule has 5 rings (SSSR count). The number of likely N-dealkylation sites (N-methyl/N-ethyl adjacent to an activating group) is 1. The third-order valence-electron chi connectivity index (χ3n) is 5.54. The fraction of sp³-hybridized carbons (Fsp3) is 0.154. The second-order valence-electron chi connectivity index (χ2n) is 8.02. The zero-order valence-corrected chi connectivity index (χ0v) is 19.0. The van der Waals surface area contributed by atoms with Crippen molar-refractivity contribution in [2.45, 2.75) is 4.90 Å². The smallest absolute Gasteiger partial charge is 0.162 e. The number of fused-ring (bicyclic) bond motifs is 2. The lowest BCUT2D eigenvalue weighted by atomic mass is 10.00. The fourth-order valence-corrected chi connectivity index (χ4v) is 4.09. The molecular weight excluding hydrogens is 416 g/mol. The first-order valence-corrected chi connectivity index (χ1v) is 11.0. The van der Waals surface area contributed by atoms with E-state index in [0.29, 0.717) is 6.61 Å². The van der Waals surface area contributed by atoms with Gasteiger partial charge in [0.05, 0.1) is 6.20 Å². The van der Waals surface area contributed by atoms with E-state index in [4.69, 9.17) is 9.72 Å². The summed E-state index contributed by atoms with van der Waals surface area (Å²) in [4.78, 5) is 7.82. The first kappa shape index (κ1) is 20.5. The van der Waals surface area contributed by atoms with Crippen LogP contribution in [0.4, 0.5) is 0 Å². The number of thiol groups is 1. The van der Waals surface area contributed by atoms with E-state index in [9.17, 15) is 0 Å². The van der Waals surface area contributed by atoms with Gasteiger partial charge in [0.2, 0.25) is 0 Å². The summed E-state index contributed by atoms with van der Waals surface area (Å²) in [5.41, 5.74) is 5.01. The third-order valence-corrected chi connectivity index (χ3v) is 5.93. The molecule has 0 radical (unpaired) electrons. The Labute approximate surface area is 192 Å². The number of hydrogen-bond donors (Lipinski definition) is 1. The Kier molecular flexibility index (Phi) is 5.55. The zero-order chi connectivity index (χ0) is 22.1. The van der Waals surface area contributed by atoms with Gasteiger partial charge in [-0.05, 0) is 54.2 Å². The standard InChI is InChI=1S/C26H24N4OS/c1-29(2)13-14-31-20-9-7-18(8-10-20)19-15-27-26-24(16-28-30(26)17-19)22-11-12-25(32)23-6-4-3-5-21(22)23/h3-12,15-17,32H,13-14H2,1-2H3. The Morgan fingerprint density at radius 2 is 1.66 bits per heavy atom. The lowest BCUT2D eigenvalue weighted by molar-refractivity contribution is 0.261. The maximum atomic E-state index is 5.79. The predicted molar refractivity (Wildman–Crippen MR) is 133 cm³/mol. The van der Waals surface area contributed by atoms with Crippen LogP contribution in [0.5, 0.6) is 5.75 Å². The molecule has 2 aromatic heterocycles. The van der Waals surface area contributed by atoms with Crippen LogP contribution in [0.15, 0.2) is 84.1 Å². The molecule has 0 spiro atoms. The Morgan fingerprint density at radius 1 is 0.875 bits per heavy atom. The summed E-state index contributed by atoms with van der Waals surface area (Å²) in [6.07, 6.45) is 5.80. The maximum absolute atomic E-state index is 5.79. The summed E-state index contributed by atoms with van der Waals surface area (Å²) in [6, 6.07) is 20.5. The summed E-state index contributed by atoms with van der Waals surface area (Å²) < 4.78 is 7.64. The molecule has 2 heterocycles. The molecule has 0 atom stereocenters. The SMILES string of the molecule is CN(C)CCOc1ccc(-c2cnc3c(-c4ccc(S)c5ccccc45)cnn3c2)cc1. The molecule has 0 unspecified atom stereocenters. The number of rotatable bonds is 6. The predicted octanol–water partition coefficient (Wildman–Crippen LogP) is 5.45. The van der Waals surface area contributed by atoms with Crippen molar-refractivity contribution in [1.82, 2.24) is 19.5 Å². The van der Waals surface area contributed by atoms with Gasteiger partial charge in [-0.25, -0.2) is 9.50 Å². The number of benzene rings is 3. The van der Waals surface area contributed by atoms with E-state index in [2.05, 4.69) is 53.0 Å². The van der Waals surface area contributed by atoms with Crippen molar-refractivity contribution < 1.29 is 4.74 Å². The lowest BCUT2D eigenvalue weighted by Gasteiger charge is -2.11. The van der Waals surface area contributed by atoms with Gasteiger partial charge in [-0.3, -0.25) is 0 Å². The average Bonchev–Trinajstić information content (AvgIpc) is 3.23. The van der Waals surface area contributed by atoms with Crippen molar-refractivity contribution in [2.75, 3.05) is 27.2 Å². The van der Waals surface area contributed by atoms with Gasteiger partial charge in [-0.15, -0.1) is 12.6 Å². The third kappa shape index (κ3) is 3.95. The minimum absolute atomic E-state index is 0.665. The Hall–Kier alpha value is -3.35. The zero-order valence-electron chi connectivity index (χ0n) is 18.1. The van der Waals surface area contributed by atoms with Crippen LogP contribution in [-0.4, -0.2) is 46.7 Å². The van der Waals surface area contributed by atoms with Crippen LogP contribution < -0.4 is 4.74 Å². The minimum Gasteiger partial charge on any atom is -0.492 e. The molecule has 5 nitrogen and oxygen atoms in total. The van der Waals surface area contributed by atoms with E-state index in [1.807, 2.05) is 67.5 Å². The van der Waals surface area contributed by atoms with Crippen molar-refractivity contribution in [3.8, 4) is 28.0 Å². The maximum Gasteiger partial charge on any atom is 0.162 e. The monoisotopic (exact) mass is 440 g/mol. The highest BCUT2D eigenvalue weighted by Gasteiger charge is 2.13. The normalized spacial score (nSPS) is 11.5. The molecule has 0 fully saturated rings. The minimum atomic E-state index is 0.665. The highest BCUT2D eigenvalue weighted by atomic mass is 32.1. The van der Waals surface area contributed by atoms with Gasteiger partial charge in [-0.1, -0.05) is 42.5 Å². The molecule has 0 aliphatic carbocycles. The van der Waals surface area contributed by atoms with Crippen LogP contribution >= 0.6 is 12.6 Å². The Bertz CT molecular complexity index is 1390. The molecule has 0 amide bonds. The summed E-state index contributed by atoms with van der Waals surface area (Å²) >= 11 is 4.61. The Morgan fingerprint density at radius 3 is 2.44 bits per heavy atom. The van der Waals surface area contributed by atoms with Crippen molar-refractivity contribution in [2.24, 2.45) is 0 Å².